The Morgan fingerprint density at radius 3 is 2.45 bits per heavy atom. The normalized spacial score (nSPS) is 17.0. The van der Waals surface area contributed by atoms with E-state index >= 15 is 0 Å². The van der Waals surface area contributed by atoms with Crippen molar-refractivity contribution in [3.05, 3.63) is 35.9 Å². The molecule has 1 aliphatic heterocycles. The second kappa shape index (κ2) is 12.2. The topological polar surface area (TPSA) is 111 Å². The summed E-state index contributed by atoms with van der Waals surface area (Å²) in [4.78, 5) is 51.7. The highest BCUT2D eigenvalue weighted by Gasteiger charge is 2.37. The lowest BCUT2D eigenvalue weighted by molar-refractivity contribution is -0.158. The van der Waals surface area contributed by atoms with Crippen LogP contribution in [0.15, 0.2) is 30.3 Å². The van der Waals surface area contributed by atoms with Crippen molar-refractivity contribution < 1.29 is 33.4 Å². The number of alkyl carbamates (subject to hydrolysis) is 1. The molecule has 9 heteroatoms. The zero-order valence-corrected chi connectivity index (χ0v) is 19.8. The highest BCUT2D eigenvalue weighted by atomic mass is 16.6. The van der Waals surface area contributed by atoms with Gasteiger partial charge in [-0.3, -0.25) is 9.59 Å². The minimum atomic E-state index is -0.911. The number of ether oxygens (including phenoxy) is 3. The van der Waals surface area contributed by atoms with Gasteiger partial charge in [-0.2, -0.15) is 0 Å². The van der Waals surface area contributed by atoms with Crippen LogP contribution < -0.4 is 5.32 Å². The summed E-state index contributed by atoms with van der Waals surface area (Å²) < 4.78 is 15.4. The summed E-state index contributed by atoms with van der Waals surface area (Å²) >= 11 is 0. The fraction of sp³-hybridized carbons (Fsp3) is 0.583. The summed E-state index contributed by atoms with van der Waals surface area (Å²) in [6.45, 7) is 5.51. The van der Waals surface area contributed by atoms with Crippen molar-refractivity contribution in [2.75, 3.05) is 20.2 Å². The number of methoxy groups -OCH3 is 1. The summed E-state index contributed by atoms with van der Waals surface area (Å²) in [6.07, 6.45) is 1.09. The maximum atomic E-state index is 13.4. The number of nitrogens with one attached hydrogen (secondary N) is 1. The molecule has 0 unspecified atom stereocenters. The van der Waals surface area contributed by atoms with E-state index in [1.165, 1.54) is 12.0 Å². The molecule has 0 saturated carbocycles. The largest absolute Gasteiger partial charge is 0.467 e. The van der Waals surface area contributed by atoms with Crippen LogP contribution >= 0.6 is 0 Å². The van der Waals surface area contributed by atoms with E-state index in [0.717, 1.165) is 18.4 Å². The molecule has 0 aromatic heterocycles. The lowest BCUT2D eigenvalue weighted by Gasteiger charge is -2.36. The van der Waals surface area contributed by atoms with E-state index in [2.05, 4.69) is 5.32 Å². The van der Waals surface area contributed by atoms with Crippen molar-refractivity contribution in [2.45, 2.75) is 64.7 Å². The van der Waals surface area contributed by atoms with Crippen LogP contribution in [0.4, 0.5) is 4.79 Å². The van der Waals surface area contributed by atoms with Crippen molar-refractivity contribution in [3.8, 4) is 0 Å². The van der Waals surface area contributed by atoms with E-state index in [1.807, 2.05) is 30.3 Å². The predicted octanol–water partition coefficient (Wildman–Crippen LogP) is 2.81. The molecule has 182 valence electrons. The molecular formula is C24H34N2O7. The lowest BCUT2D eigenvalue weighted by atomic mass is 9.97. The van der Waals surface area contributed by atoms with Gasteiger partial charge < -0.3 is 24.4 Å². The molecule has 1 aromatic carbocycles. The van der Waals surface area contributed by atoms with Crippen molar-refractivity contribution >= 4 is 23.9 Å². The molecule has 0 aliphatic carbocycles. The summed E-state index contributed by atoms with van der Waals surface area (Å²) in [5, 5.41) is 2.56. The minimum absolute atomic E-state index is 0.0780. The van der Waals surface area contributed by atoms with Gasteiger partial charge in [0.1, 0.15) is 18.2 Å². The number of hydrogen-bond donors (Lipinski definition) is 1. The third-order valence-corrected chi connectivity index (χ3v) is 5.16. The third kappa shape index (κ3) is 8.75. The smallest absolute Gasteiger partial charge is 0.407 e. The first-order valence-electron chi connectivity index (χ1n) is 11.2. The Morgan fingerprint density at radius 2 is 1.82 bits per heavy atom. The fourth-order valence-electron chi connectivity index (χ4n) is 3.58. The Labute approximate surface area is 194 Å². The van der Waals surface area contributed by atoms with Crippen LogP contribution in [-0.4, -0.2) is 60.7 Å². The second-order valence-corrected chi connectivity index (χ2v) is 9.00. The molecule has 2 atom stereocenters. The average molecular weight is 463 g/mol. The van der Waals surface area contributed by atoms with Gasteiger partial charge in [0.15, 0.2) is 0 Å². The Kier molecular flexibility index (Phi) is 9.69. The average Bonchev–Trinajstić information content (AvgIpc) is 2.79. The van der Waals surface area contributed by atoms with Gasteiger partial charge in [0.2, 0.25) is 5.91 Å². The number of rotatable bonds is 8. The molecule has 9 nitrogen and oxygen atoms in total. The number of esters is 2. The Bertz CT molecular complexity index is 820. The SMILES string of the molecule is COC(=O)[C@H]1CCCCN1C(=O)[C@H](CNC(=O)OC(C)(C)C)CC(=O)OCc1ccccc1. The van der Waals surface area contributed by atoms with Crippen molar-refractivity contribution in [2.24, 2.45) is 5.92 Å². The van der Waals surface area contributed by atoms with Gasteiger partial charge in [-0.05, 0) is 45.6 Å². The molecule has 1 aromatic rings. The van der Waals surface area contributed by atoms with Crippen LogP contribution in [0.3, 0.4) is 0 Å². The Morgan fingerprint density at radius 1 is 1.12 bits per heavy atom. The number of carbonyl (C=O) groups is 4. The molecule has 1 N–H and O–H groups in total. The first kappa shape index (κ1) is 26.2. The molecule has 0 radical (unpaired) electrons. The highest BCUT2D eigenvalue weighted by molar-refractivity contribution is 5.88. The van der Waals surface area contributed by atoms with Crippen LogP contribution in [0.2, 0.25) is 0 Å². The zero-order chi connectivity index (χ0) is 24.4. The van der Waals surface area contributed by atoms with Crippen LogP contribution in [0.25, 0.3) is 0 Å². The maximum Gasteiger partial charge on any atom is 0.407 e. The second-order valence-electron chi connectivity index (χ2n) is 9.00. The third-order valence-electron chi connectivity index (χ3n) is 5.16. The molecule has 0 spiro atoms. The summed E-state index contributed by atoms with van der Waals surface area (Å²) in [7, 11) is 1.28. The van der Waals surface area contributed by atoms with Crippen molar-refractivity contribution in [3.63, 3.8) is 0 Å². The van der Waals surface area contributed by atoms with E-state index in [-0.39, 0.29) is 19.6 Å². The van der Waals surface area contributed by atoms with Gasteiger partial charge in [-0.25, -0.2) is 9.59 Å². The molecule has 1 fully saturated rings. The molecule has 1 heterocycles. The van der Waals surface area contributed by atoms with Crippen LogP contribution in [0.1, 0.15) is 52.0 Å². The maximum absolute atomic E-state index is 13.4. The number of likely N-dealkylation sites (tertiary alicyclic amines) is 1. The van der Waals surface area contributed by atoms with Gasteiger partial charge in [-0.1, -0.05) is 30.3 Å². The van der Waals surface area contributed by atoms with Crippen molar-refractivity contribution in [1.29, 1.82) is 0 Å². The monoisotopic (exact) mass is 462 g/mol. The van der Waals surface area contributed by atoms with Crippen LogP contribution in [0.5, 0.6) is 0 Å². The first-order valence-corrected chi connectivity index (χ1v) is 11.2. The number of carbonyl (C=O) groups excluding carboxylic acids is 4. The van der Waals surface area contributed by atoms with Crippen LogP contribution in [-0.2, 0) is 35.2 Å². The molecular weight excluding hydrogens is 428 g/mol. The quantitative estimate of drug-likeness (QED) is 0.467. The summed E-state index contributed by atoms with van der Waals surface area (Å²) in [6, 6.07) is 8.48. The number of amides is 2. The van der Waals surface area contributed by atoms with Gasteiger partial charge in [0, 0.05) is 13.1 Å². The highest BCUT2D eigenvalue weighted by Crippen LogP contribution is 2.22. The van der Waals surface area contributed by atoms with E-state index in [9.17, 15) is 19.2 Å². The van der Waals surface area contributed by atoms with Crippen molar-refractivity contribution in [1.82, 2.24) is 10.2 Å². The van der Waals surface area contributed by atoms with E-state index in [4.69, 9.17) is 14.2 Å². The molecule has 1 aliphatic rings. The number of benzene rings is 1. The van der Waals surface area contributed by atoms with E-state index in [0.29, 0.717) is 13.0 Å². The number of nitrogens with zero attached hydrogens (tertiary/aromatic N) is 1. The first-order chi connectivity index (χ1) is 15.6. The van der Waals surface area contributed by atoms with Gasteiger partial charge >= 0.3 is 18.0 Å². The standard InChI is InChI=1S/C24H34N2O7/c1-24(2,3)33-23(30)25-15-18(14-20(27)32-16-17-10-6-5-7-11-17)21(28)26-13-9-8-12-19(26)22(29)31-4/h5-7,10-11,18-19H,8-9,12-16H2,1-4H3,(H,25,30)/t18-,19+/m0/s1. The van der Waals surface area contributed by atoms with Gasteiger partial charge in [0.05, 0.1) is 19.4 Å². The Balaban J connectivity index is 2.09. The fourth-order valence-corrected chi connectivity index (χ4v) is 3.58. The Hall–Kier alpha value is -3.10. The minimum Gasteiger partial charge on any atom is -0.467 e. The van der Waals surface area contributed by atoms with Gasteiger partial charge in [-0.15, -0.1) is 0 Å². The van der Waals surface area contributed by atoms with E-state index in [1.54, 1.807) is 20.8 Å². The van der Waals surface area contributed by atoms with E-state index < -0.39 is 41.5 Å². The number of piperidine rings is 1. The van der Waals surface area contributed by atoms with Crippen LogP contribution in [0, 0.1) is 5.92 Å². The molecule has 33 heavy (non-hydrogen) atoms. The molecule has 2 amide bonds. The molecule has 2 rings (SSSR count). The summed E-state index contributed by atoms with van der Waals surface area (Å²) in [5.41, 5.74) is 0.114. The van der Waals surface area contributed by atoms with Gasteiger partial charge in [0.25, 0.3) is 0 Å². The molecule has 0 bridgehead atoms. The molecule has 1 saturated heterocycles. The summed E-state index contributed by atoms with van der Waals surface area (Å²) in [5.74, 6) is -2.38. The lowest BCUT2D eigenvalue weighted by Crippen LogP contribution is -2.52. The number of hydrogen-bond acceptors (Lipinski definition) is 7. The predicted molar refractivity (Wildman–Crippen MR) is 120 cm³/mol. The zero-order valence-electron chi connectivity index (χ0n) is 19.8.